The number of nitrogens with one attached hydrogen (secondary N) is 1. The van der Waals surface area contributed by atoms with Gasteiger partial charge in [-0.3, -0.25) is 4.79 Å². The summed E-state index contributed by atoms with van der Waals surface area (Å²) in [5.41, 5.74) is 5.71. The van der Waals surface area contributed by atoms with Crippen LogP contribution in [0.4, 0.5) is 0 Å². The molecule has 0 bridgehead atoms. The highest BCUT2D eigenvalue weighted by atomic mass is 16.3. The Balaban J connectivity index is 2.20. The SMILES string of the molecule is CCCC(N)C(=O)NCC1CCCC(O)C1. The number of hydrogen-bond acceptors (Lipinski definition) is 3. The lowest BCUT2D eigenvalue weighted by Crippen LogP contribution is -2.43. The lowest BCUT2D eigenvalue weighted by atomic mass is 9.87. The summed E-state index contributed by atoms with van der Waals surface area (Å²) in [4.78, 5) is 11.6. The molecular weight excluding hydrogens is 204 g/mol. The highest BCUT2D eigenvalue weighted by Crippen LogP contribution is 2.23. The van der Waals surface area contributed by atoms with E-state index in [-0.39, 0.29) is 18.1 Å². The third kappa shape index (κ3) is 4.49. The molecule has 0 saturated heterocycles. The molecule has 4 N–H and O–H groups in total. The molecule has 0 heterocycles. The zero-order valence-corrected chi connectivity index (χ0v) is 10.1. The van der Waals surface area contributed by atoms with E-state index in [4.69, 9.17) is 5.73 Å². The quantitative estimate of drug-likeness (QED) is 0.651. The van der Waals surface area contributed by atoms with Crippen molar-refractivity contribution >= 4 is 5.91 Å². The van der Waals surface area contributed by atoms with Crippen molar-refractivity contribution in [2.45, 2.75) is 57.6 Å². The first-order valence-electron chi connectivity index (χ1n) is 6.34. The minimum Gasteiger partial charge on any atom is -0.393 e. The van der Waals surface area contributed by atoms with Crippen LogP contribution in [-0.2, 0) is 4.79 Å². The summed E-state index contributed by atoms with van der Waals surface area (Å²) in [6, 6.07) is -0.376. The van der Waals surface area contributed by atoms with E-state index in [1.807, 2.05) is 6.92 Å². The lowest BCUT2D eigenvalue weighted by Gasteiger charge is -2.26. The molecule has 4 nitrogen and oxygen atoms in total. The number of aliphatic hydroxyl groups is 1. The number of nitrogens with two attached hydrogens (primary N) is 1. The van der Waals surface area contributed by atoms with Crippen molar-refractivity contribution < 1.29 is 9.90 Å². The molecule has 1 aliphatic rings. The van der Waals surface area contributed by atoms with Crippen molar-refractivity contribution in [1.82, 2.24) is 5.32 Å². The van der Waals surface area contributed by atoms with Crippen LogP contribution in [0.25, 0.3) is 0 Å². The molecule has 3 unspecified atom stereocenters. The van der Waals surface area contributed by atoms with E-state index in [0.29, 0.717) is 12.5 Å². The molecule has 0 aliphatic heterocycles. The van der Waals surface area contributed by atoms with Crippen molar-refractivity contribution in [3.63, 3.8) is 0 Å². The van der Waals surface area contributed by atoms with Crippen molar-refractivity contribution in [2.24, 2.45) is 11.7 Å². The van der Waals surface area contributed by atoms with Crippen LogP contribution < -0.4 is 11.1 Å². The Morgan fingerprint density at radius 3 is 2.94 bits per heavy atom. The lowest BCUT2D eigenvalue weighted by molar-refractivity contribution is -0.122. The molecule has 0 aromatic rings. The van der Waals surface area contributed by atoms with E-state index in [2.05, 4.69) is 5.32 Å². The van der Waals surface area contributed by atoms with Gasteiger partial charge in [-0.05, 0) is 31.6 Å². The van der Waals surface area contributed by atoms with Gasteiger partial charge in [0, 0.05) is 6.54 Å². The van der Waals surface area contributed by atoms with Gasteiger partial charge in [0.05, 0.1) is 12.1 Å². The molecule has 0 aromatic carbocycles. The minimum atomic E-state index is -0.376. The summed E-state index contributed by atoms with van der Waals surface area (Å²) in [7, 11) is 0. The number of amides is 1. The number of carbonyl (C=O) groups is 1. The van der Waals surface area contributed by atoms with Gasteiger partial charge in [-0.1, -0.05) is 19.8 Å². The molecule has 94 valence electrons. The average Bonchev–Trinajstić information content (AvgIpc) is 2.26. The van der Waals surface area contributed by atoms with Crippen LogP contribution in [0.15, 0.2) is 0 Å². The highest BCUT2D eigenvalue weighted by molar-refractivity contribution is 5.81. The largest absolute Gasteiger partial charge is 0.393 e. The maximum absolute atomic E-state index is 11.6. The third-order valence-corrected chi connectivity index (χ3v) is 3.26. The first-order chi connectivity index (χ1) is 7.63. The molecule has 3 atom stereocenters. The van der Waals surface area contributed by atoms with Crippen LogP contribution >= 0.6 is 0 Å². The molecule has 0 radical (unpaired) electrons. The molecule has 0 aromatic heterocycles. The second-order valence-corrected chi connectivity index (χ2v) is 4.83. The maximum Gasteiger partial charge on any atom is 0.236 e. The van der Waals surface area contributed by atoms with Crippen molar-refractivity contribution in [1.29, 1.82) is 0 Å². The topological polar surface area (TPSA) is 75.4 Å². The molecule has 1 rings (SSSR count). The smallest absolute Gasteiger partial charge is 0.236 e. The predicted octanol–water partition coefficient (Wildman–Crippen LogP) is 0.781. The minimum absolute atomic E-state index is 0.0538. The predicted molar refractivity (Wildman–Crippen MR) is 63.9 cm³/mol. The van der Waals surface area contributed by atoms with Gasteiger partial charge in [-0.25, -0.2) is 0 Å². The molecule has 1 aliphatic carbocycles. The zero-order valence-electron chi connectivity index (χ0n) is 10.1. The normalized spacial score (nSPS) is 27.4. The second kappa shape index (κ2) is 6.86. The average molecular weight is 228 g/mol. The second-order valence-electron chi connectivity index (χ2n) is 4.83. The maximum atomic E-state index is 11.6. The van der Waals surface area contributed by atoms with Crippen LogP contribution in [0.1, 0.15) is 45.4 Å². The molecule has 0 spiro atoms. The van der Waals surface area contributed by atoms with Gasteiger partial charge >= 0.3 is 0 Å². The Morgan fingerprint density at radius 2 is 2.31 bits per heavy atom. The summed E-state index contributed by atoms with van der Waals surface area (Å²) in [6.45, 7) is 2.68. The molecule has 4 heteroatoms. The van der Waals surface area contributed by atoms with Gasteiger partial charge < -0.3 is 16.2 Å². The summed E-state index contributed by atoms with van der Waals surface area (Å²) in [5, 5.41) is 12.4. The van der Waals surface area contributed by atoms with Crippen molar-refractivity contribution in [3.05, 3.63) is 0 Å². The van der Waals surface area contributed by atoms with E-state index >= 15 is 0 Å². The summed E-state index contributed by atoms with van der Waals surface area (Å²) >= 11 is 0. The molecule has 1 amide bonds. The Bertz CT molecular complexity index is 221. The Hall–Kier alpha value is -0.610. The van der Waals surface area contributed by atoms with Gasteiger partial charge in [0.2, 0.25) is 5.91 Å². The number of carbonyl (C=O) groups excluding carboxylic acids is 1. The standard InChI is InChI=1S/C12H24N2O2/c1-2-4-11(13)12(16)14-8-9-5-3-6-10(15)7-9/h9-11,15H,2-8,13H2,1H3,(H,14,16). The zero-order chi connectivity index (χ0) is 12.0. The van der Waals surface area contributed by atoms with E-state index in [9.17, 15) is 9.90 Å². The fourth-order valence-electron chi connectivity index (χ4n) is 2.27. The first-order valence-corrected chi connectivity index (χ1v) is 6.34. The third-order valence-electron chi connectivity index (χ3n) is 3.26. The number of hydrogen-bond donors (Lipinski definition) is 3. The van der Waals surface area contributed by atoms with Crippen LogP contribution in [0.2, 0.25) is 0 Å². The van der Waals surface area contributed by atoms with Crippen molar-refractivity contribution in [3.8, 4) is 0 Å². The Morgan fingerprint density at radius 1 is 1.56 bits per heavy atom. The van der Waals surface area contributed by atoms with E-state index in [0.717, 1.165) is 38.5 Å². The monoisotopic (exact) mass is 228 g/mol. The van der Waals surface area contributed by atoms with Crippen molar-refractivity contribution in [2.75, 3.05) is 6.54 Å². The highest BCUT2D eigenvalue weighted by Gasteiger charge is 2.21. The van der Waals surface area contributed by atoms with Gasteiger partial charge in [-0.15, -0.1) is 0 Å². The fraction of sp³-hybridized carbons (Fsp3) is 0.917. The summed E-state index contributed by atoms with van der Waals surface area (Å²) in [5.74, 6) is 0.364. The number of rotatable bonds is 5. The van der Waals surface area contributed by atoms with Gasteiger partial charge in [0.15, 0.2) is 0 Å². The van der Waals surface area contributed by atoms with Crippen LogP contribution in [-0.4, -0.2) is 29.7 Å². The van der Waals surface area contributed by atoms with Crippen LogP contribution in [0, 0.1) is 5.92 Å². The molecular formula is C12H24N2O2. The summed E-state index contributed by atoms with van der Waals surface area (Å²) < 4.78 is 0. The van der Waals surface area contributed by atoms with Gasteiger partial charge in [0.1, 0.15) is 0 Å². The Labute approximate surface area is 97.6 Å². The molecule has 16 heavy (non-hydrogen) atoms. The van der Waals surface area contributed by atoms with E-state index in [1.165, 1.54) is 0 Å². The van der Waals surface area contributed by atoms with Crippen LogP contribution in [0.5, 0.6) is 0 Å². The first kappa shape index (κ1) is 13.5. The Kier molecular flexibility index (Phi) is 5.77. The molecule has 1 saturated carbocycles. The van der Waals surface area contributed by atoms with Crippen LogP contribution in [0.3, 0.4) is 0 Å². The fourth-order valence-corrected chi connectivity index (χ4v) is 2.27. The molecule has 1 fully saturated rings. The van der Waals surface area contributed by atoms with E-state index < -0.39 is 0 Å². The number of aliphatic hydroxyl groups excluding tert-OH is 1. The summed E-state index contributed by atoms with van der Waals surface area (Å²) in [6.07, 6.45) is 5.35. The van der Waals surface area contributed by atoms with E-state index in [1.54, 1.807) is 0 Å². The van der Waals surface area contributed by atoms with Gasteiger partial charge in [-0.2, -0.15) is 0 Å². The van der Waals surface area contributed by atoms with Gasteiger partial charge in [0.25, 0.3) is 0 Å².